The fourth-order valence-electron chi connectivity index (χ4n) is 1.98. The number of ether oxygens (including phenoxy) is 1. The topological polar surface area (TPSA) is 67.4 Å². The van der Waals surface area contributed by atoms with Crippen LogP contribution < -0.4 is 15.6 Å². The van der Waals surface area contributed by atoms with Gasteiger partial charge in [0.1, 0.15) is 5.75 Å². The van der Waals surface area contributed by atoms with Gasteiger partial charge >= 0.3 is 0 Å². The summed E-state index contributed by atoms with van der Waals surface area (Å²) in [5, 5.41) is 0. The number of halogens is 1. The fraction of sp³-hybridized carbons (Fsp3) is 0.158. The minimum absolute atomic E-state index is 0.190. The number of carbonyl (C=O) groups is 2. The molecule has 0 aromatic heterocycles. The second-order valence-corrected chi connectivity index (χ2v) is 6.40. The number of hydrazine groups is 1. The standard InChI is InChI=1S/C19H19BrN2O3/c1-13-3-5-15(6-4-13)7-10-18(23)21-22-19(24)12-25-17-9-8-16(20)11-14(17)2/h3-11H,12H2,1-2H3,(H,21,23)(H,22,24)/b10-7+. The molecular weight excluding hydrogens is 384 g/mol. The van der Waals surface area contributed by atoms with Crippen LogP contribution in [0.15, 0.2) is 53.0 Å². The zero-order valence-corrected chi connectivity index (χ0v) is 15.6. The van der Waals surface area contributed by atoms with E-state index >= 15 is 0 Å². The second-order valence-electron chi connectivity index (χ2n) is 5.48. The molecular formula is C19H19BrN2O3. The van der Waals surface area contributed by atoms with Crippen LogP contribution in [0.3, 0.4) is 0 Å². The number of hydrogen-bond donors (Lipinski definition) is 2. The first-order chi connectivity index (χ1) is 11.9. The van der Waals surface area contributed by atoms with Crippen molar-refractivity contribution in [2.45, 2.75) is 13.8 Å². The number of carbonyl (C=O) groups excluding carboxylic acids is 2. The fourth-order valence-corrected chi connectivity index (χ4v) is 2.45. The van der Waals surface area contributed by atoms with Gasteiger partial charge in [-0.1, -0.05) is 45.8 Å². The van der Waals surface area contributed by atoms with E-state index in [-0.39, 0.29) is 6.61 Å². The minimum atomic E-state index is -0.445. The Morgan fingerprint density at radius 2 is 1.80 bits per heavy atom. The highest BCUT2D eigenvalue weighted by Crippen LogP contribution is 2.21. The SMILES string of the molecule is Cc1ccc(/C=C/C(=O)NNC(=O)COc2ccc(Br)cc2C)cc1. The van der Waals surface area contributed by atoms with Gasteiger partial charge < -0.3 is 4.74 Å². The van der Waals surface area contributed by atoms with E-state index < -0.39 is 11.8 Å². The molecule has 0 radical (unpaired) electrons. The van der Waals surface area contributed by atoms with Gasteiger partial charge in [-0.05, 0) is 49.2 Å². The van der Waals surface area contributed by atoms with E-state index in [1.54, 1.807) is 12.1 Å². The third-order valence-electron chi connectivity index (χ3n) is 3.33. The summed E-state index contributed by atoms with van der Waals surface area (Å²) in [6.07, 6.45) is 3.02. The van der Waals surface area contributed by atoms with Gasteiger partial charge in [-0.3, -0.25) is 20.4 Å². The Bertz CT molecular complexity index is 786. The largest absolute Gasteiger partial charge is 0.483 e. The van der Waals surface area contributed by atoms with Gasteiger partial charge in [-0.15, -0.1) is 0 Å². The Morgan fingerprint density at radius 1 is 1.08 bits per heavy atom. The van der Waals surface area contributed by atoms with Crippen LogP contribution in [-0.2, 0) is 9.59 Å². The summed E-state index contributed by atoms with van der Waals surface area (Å²) in [6, 6.07) is 13.2. The maximum atomic E-state index is 11.7. The lowest BCUT2D eigenvalue weighted by molar-refractivity contribution is -0.128. The van der Waals surface area contributed by atoms with Crippen LogP contribution in [-0.4, -0.2) is 18.4 Å². The van der Waals surface area contributed by atoms with Gasteiger partial charge in [0.05, 0.1) is 0 Å². The maximum absolute atomic E-state index is 11.7. The summed E-state index contributed by atoms with van der Waals surface area (Å²) in [5.74, 6) is -0.253. The van der Waals surface area contributed by atoms with E-state index in [4.69, 9.17) is 4.74 Å². The normalized spacial score (nSPS) is 10.5. The first-order valence-electron chi connectivity index (χ1n) is 7.66. The van der Waals surface area contributed by atoms with E-state index in [0.29, 0.717) is 5.75 Å². The Labute approximate surface area is 155 Å². The van der Waals surface area contributed by atoms with E-state index in [1.165, 1.54) is 6.08 Å². The predicted molar refractivity (Wildman–Crippen MR) is 101 cm³/mol. The van der Waals surface area contributed by atoms with Crippen molar-refractivity contribution < 1.29 is 14.3 Å². The van der Waals surface area contributed by atoms with Crippen LogP contribution in [0.1, 0.15) is 16.7 Å². The third kappa shape index (κ3) is 6.43. The van der Waals surface area contributed by atoms with Crippen LogP contribution in [0.4, 0.5) is 0 Å². The van der Waals surface area contributed by atoms with E-state index in [1.807, 2.05) is 50.2 Å². The molecule has 0 fully saturated rings. The molecule has 6 heteroatoms. The van der Waals surface area contributed by atoms with Gasteiger partial charge in [-0.25, -0.2) is 0 Å². The summed E-state index contributed by atoms with van der Waals surface area (Å²) >= 11 is 3.36. The molecule has 2 amide bonds. The van der Waals surface area contributed by atoms with Crippen molar-refractivity contribution in [1.29, 1.82) is 0 Å². The molecule has 0 aliphatic heterocycles. The molecule has 0 spiro atoms. The molecule has 2 N–H and O–H groups in total. The molecule has 0 aliphatic rings. The number of aryl methyl sites for hydroxylation is 2. The van der Waals surface area contributed by atoms with Gasteiger partial charge in [0.2, 0.25) is 0 Å². The quantitative estimate of drug-likeness (QED) is 0.595. The van der Waals surface area contributed by atoms with Crippen molar-refractivity contribution in [1.82, 2.24) is 10.9 Å². The molecule has 25 heavy (non-hydrogen) atoms. The van der Waals surface area contributed by atoms with E-state index in [2.05, 4.69) is 26.8 Å². The van der Waals surface area contributed by atoms with Crippen LogP contribution in [0, 0.1) is 13.8 Å². The molecule has 0 saturated carbocycles. The minimum Gasteiger partial charge on any atom is -0.483 e. The maximum Gasteiger partial charge on any atom is 0.276 e. The van der Waals surface area contributed by atoms with E-state index in [0.717, 1.165) is 21.2 Å². The van der Waals surface area contributed by atoms with Gasteiger partial charge in [0.25, 0.3) is 11.8 Å². The lowest BCUT2D eigenvalue weighted by atomic mass is 10.1. The van der Waals surface area contributed by atoms with Crippen LogP contribution in [0.5, 0.6) is 5.75 Å². The molecule has 2 aromatic rings. The zero-order valence-electron chi connectivity index (χ0n) is 14.0. The molecule has 0 aliphatic carbocycles. The second kappa shape index (κ2) is 9.03. The summed E-state index contributed by atoms with van der Waals surface area (Å²) < 4.78 is 6.36. The molecule has 0 bridgehead atoms. The predicted octanol–water partition coefficient (Wildman–Crippen LogP) is 3.31. The van der Waals surface area contributed by atoms with Crippen LogP contribution in [0.25, 0.3) is 6.08 Å². The van der Waals surface area contributed by atoms with Crippen LogP contribution in [0.2, 0.25) is 0 Å². The number of amides is 2. The van der Waals surface area contributed by atoms with Crippen molar-refractivity contribution in [3.8, 4) is 5.75 Å². The highest BCUT2D eigenvalue weighted by Gasteiger charge is 2.06. The third-order valence-corrected chi connectivity index (χ3v) is 3.82. The lowest BCUT2D eigenvalue weighted by Gasteiger charge is -2.10. The average Bonchev–Trinajstić information content (AvgIpc) is 2.58. The molecule has 0 atom stereocenters. The van der Waals surface area contributed by atoms with Crippen molar-refractivity contribution >= 4 is 33.8 Å². The Kier molecular flexibility index (Phi) is 6.77. The van der Waals surface area contributed by atoms with Crippen molar-refractivity contribution in [2.24, 2.45) is 0 Å². The van der Waals surface area contributed by atoms with Crippen molar-refractivity contribution in [3.05, 3.63) is 69.7 Å². The van der Waals surface area contributed by atoms with Crippen LogP contribution >= 0.6 is 15.9 Å². The van der Waals surface area contributed by atoms with Crippen molar-refractivity contribution in [2.75, 3.05) is 6.61 Å². The number of benzene rings is 2. The number of rotatable bonds is 5. The first kappa shape index (κ1) is 18.7. The average molecular weight is 403 g/mol. The summed E-state index contributed by atoms with van der Waals surface area (Å²) in [6.45, 7) is 3.69. The molecule has 5 nitrogen and oxygen atoms in total. The molecule has 2 rings (SSSR count). The lowest BCUT2D eigenvalue weighted by Crippen LogP contribution is -2.43. The first-order valence-corrected chi connectivity index (χ1v) is 8.46. The highest BCUT2D eigenvalue weighted by atomic mass is 79.9. The molecule has 0 saturated heterocycles. The number of hydrogen-bond acceptors (Lipinski definition) is 3. The molecule has 0 unspecified atom stereocenters. The zero-order chi connectivity index (χ0) is 18.2. The summed E-state index contributed by atoms with van der Waals surface area (Å²) in [5.41, 5.74) is 7.58. The molecule has 130 valence electrons. The Hall–Kier alpha value is -2.60. The van der Waals surface area contributed by atoms with Gasteiger partial charge in [-0.2, -0.15) is 0 Å². The van der Waals surface area contributed by atoms with Crippen molar-refractivity contribution in [3.63, 3.8) is 0 Å². The Morgan fingerprint density at radius 3 is 2.48 bits per heavy atom. The molecule has 2 aromatic carbocycles. The van der Waals surface area contributed by atoms with Gasteiger partial charge in [0, 0.05) is 10.5 Å². The summed E-state index contributed by atoms with van der Waals surface area (Å²) in [4.78, 5) is 23.4. The van der Waals surface area contributed by atoms with E-state index in [9.17, 15) is 9.59 Å². The number of nitrogens with one attached hydrogen (secondary N) is 2. The summed E-state index contributed by atoms with van der Waals surface area (Å²) in [7, 11) is 0. The van der Waals surface area contributed by atoms with Gasteiger partial charge in [0.15, 0.2) is 6.61 Å². The highest BCUT2D eigenvalue weighted by molar-refractivity contribution is 9.10. The smallest absolute Gasteiger partial charge is 0.276 e. The monoisotopic (exact) mass is 402 g/mol. The Balaban J connectivity index is 1.75. The molecule has 0 heterocycles.